The quantitative estimate of drug-likeness (QED) is 0.447. The summed E-state index contributed by atoms with van der Waals surface area (Å²) in [4.78, 5) is 16.7. The monoisotopic (exact) mass is 462 g/mol. The fourth-order valence-electron chi connectivity index (χ4n) is 2.77. The standard InChI is InChI=1S/C22H20F2N2O5S/c1-28-14-6-8-17(29-2)15(11-14)16-12-32-22(25-16)26-20(27)9-5-13-4-7-18(31-21(23)24)19(10-13)30-3/h4-12,21H,1-3H3,(H,25,26,27). The van der Waals surface area contributed by atoms with Crippen LogP contribution < -0.4 is 24.3 Å². The normalized spacial score (nSPS) is 10.9. The molecule has 1 N–H and O–H groups in total. The van der Waals surface area contributed by atoms with Crippen LogP contribution >= 0.6 is 11.3 Å². The Bertz CT molecular complexity index is 1120. The molecule has 7 nitrogen and oxygen atoms in total. The van der Waals surface area contributed by atoms with Gasteiger partial charge in [0.1, 0.15) is 11.5 Å². The Labute approximate surface area is 187 Å². The van der Waals surface area contributed by atoms with Crippen molar-refractivity contribution in [2.75, 3.05) is 26.6 Å². The molecule has 1 aromatic heterocycles. The van der Waals surface area contributed by atoms with Gasteiger partial charge >= 0.3 is 6.61 Å². The molecule has 0 aliphatic rings. The van der Waals surface area contributed by atoms with Gasteiger partial charge in [-0.3, -0.25) is 10.1 Å². The van der Waals surface area contributed by atoms with Crippen LogP contribution in [-0.4, -0.2) is 38.8 Å². The molecule has 0 atom stereocenters. The first kappa shape index (κ1) is 23.0. The Morgan fingerprint density at radius 2 is 1.78 bits per heavy atom. The first-order chi connectivity index (χ1) is 15.4. The second-order valence-corrected chi connectivity index (χ2v) is 7.07. The number of hydrogen-bond donors (Lipinski definition) is 1. The van der Waals surface area contributed by atoms with E-state index in [9.17, 15) is 13.6 Å². The van der Waals surface area contributed by atoms with E-state index in [2.05, 4.69) is 15.0 Å². The van der Waals surface area contributed by atoms with Crippen LogP contribution in [0.3, 0.4) is 0 Å². The number of hydrogen-bond acceptors (Lipinski definition) is 7. The summed E-state index contributed by atoms with van der Waals surface area (Å²) < 4.78 is 44.9. The van der Waals surface area contributed by atoms with Crippen LogP contribution in [0.5, 0.6) is 23.0 Å². The number of rotatable bonds is 9. The first-order valence-corrected chi connectivity index (χ1v) is 10.1. The Balaban J connectivity index is 1.70. The van der Waals surface area contributed by atoms with E-state index in [0.717, 1.165) is 5.56 Å². The summed E-state index contributed by atoms with van der Waals surface area (Å²) in [6, 6.07) is 9.72. The number of carbonyl (C=O) groups excluding carboxylic acids is 1. The van der Waals surface area contributed by atoms with E-state index >= 15 is 0 Å². The summed E-state index contributed by atoms with van der Waals surface area (Å²) in [5, 5.41) is 4.88. The van der Waals surface area contributed by atoms with E-state index in [1.165, 1.54) is 48.8 Å². The van der Waals surface area contributed by atoms with Crippen molar-refractivity contribution in [3.8, 4) is 34.3 Å². The SMILES string of the molecule is COc1ccc(OC)c(-c2csc(NC(=O)C=Cc3ccc(OC(F)F)c(OC)c3)n2)c1. The highest BCUT2D eigenvalue weighted by molar-refractivity contribution is 7.14. The number of methoxy groups -OCH3 is 3. The Kier molecular flexibility index (Phi) is 7.61. The number of amides is 1. The predicted octanol–water partition coefficient (Wildman–Crippen LogP) is 5.09. The fraction of sp³-hybridized carbons (Fsp3) is 0.182. The highest BCUT2D eigenvalue weighted by atomic mass is 32.1. The number of ether oxygens (including phenoxy) is 4. The molecule has 10 heteroatoms. The molecule has 32 heavy (non-hydrogen) atoms. The summed E-state index contributed by atoms with van der Waals surface area (Å²) in [6.45, 7) is -2.96. The van der Waals surface area contributed by atoms with Gasteiger partial charge in [0, 0.05) is 17.0 Å². The maximum absolute atomic E-state index is 12.4. The predicted molar refractivity (Wildman–Crippen MR) is 118 cm³/mol. The molecule has 2 aromatic carbocycles. The zero-order chi connectivity index (χ0) is 23.1. The molecule has 0 aliphatic heterocycles. The number of benzene rings is 2. The average Bonchev–Trinajstić information content (AvgIpc) is 3.25. The van der Waals surface area contributed by atoms with E-state index in [4.69, 9.17) is 14.2 Å². The molecule has 3 rings (SSSR count). The second kappa shape index (κ2) is 10.6. The van der Waals surface area contributed by atoms with Crippen LogP contribution in [0.25, 0.3) is 17.3 Å². The van der Waals surface area contributed by atoms with E-state index < -0.39 is 12.5 Å². The van der Waals surface area contributed by atoms with Crippen molar-refractivity contribution >= 4 is 28.5 Å². The smallest absolute Gasteiger partial charge is 0.387 e. The van der Waals surface area contributed by atoms with Crippen LogP contribution in [0.2, 0.25) is 0 Å². The lowest BCUT2D eigenvalue weighted by Crippen LogP contribution is -2.07. The number of nitrogens with zero attached hydrogens (tertiary/aromatic N) is 1. The van der Waals surface area contributed by atoms with Gasteiger partial charge in [-0.25, -0.2) is 4.98 Å². The van der Waals surface area contributed by atoms with Crippen LogP contribution in [0.15, 0.2) is 47.9 Å². The molecule has 0 unspecified atom stereocenters. The minimum Gasteiger partial charge on any atom is -0.497 e. The lowest BCUT2D eigenvalue weighted by Gasteiger charge is -2.10. The molecule has 1 heterocycles. The topological polar surface area (TPSA) is 78.9 Å². The molecule has 0 radical (unpaired) electrons. The van der Waals surface area contributed by atoms with Crippen LogP contribution in [-0.2, 0) is 4.79 Å². The van der Waals surface area contributed by atoms with Crippen molar-refractivity contribution in [3.63, 3.8) is 0 Å². The van der Waals surface area contributed by atoms with Crippen molar-refractivity contribution in [2.45, 2.75) is 6.61 Å². The van der Waals surface area contributed by atoms with Crippen LogP contribution in [0.4, 0.5) is 13.9 Å². The molecule has 0 spiro atoms. The summed E-state index contributed by atoms with van der Waals surface area (Å²) in [6.07, 6.45) is 2.82. The number of nitrogens with one attached hydrogen (secondary N) is 1. The summed E-state index contributed by atoms with van der Waals surface area (Å²) in [5.74, 6) is 0.914. The number of thiazole rings is 1. The highest BCUT2D eigenvalue weighted by Crippen LogP contribution is 2.35. The largest absolute Gasteiger partial charge is 0.497 e. The van der Waals surface area contributed by atoms with Crippen molar-refractivity contribution in [1.29, 1.82) is 0 Å². The third-order valence-corrected chi connectivity index (χ3v) is 5.01. The average molecular weight is 462 g/mol. The lowest BCUT2D eigenvalue weighted by atomic mass is 10.1. The minimum absolute atomic E-state index is 0.0904. The highest BCUT2D eigenvalue weighted by Gasteiger charge is 2.13. The summed E-state index contributed by atoms with van der Waals surface area (Å²) >= 11 is 1.26. The Morgan fingerprint density at radius 3 is 2.47 bits per heavy atom. The summed E-state index contributed by atoms with van der Waals surface area (Å²) in [7, 11) is 4.47. The third-order valence-electron chi connectivity index (χ3n) is 4.25. The molecule has 1 amide bonds. The van der Waals surface area contributed by atoms with Gasteiger partial charge in [0.2, 0.25) is 5.91 Å². The number of anilines is 1. The molecular weight excluding hydrogens is 442 g/mol. The van der Waals surface area contributed by atoms with Gasteiger partial charge in [0.15, 0.2) is 16.6 Å². The zero-order valence-corrected chi connectivity index (χ0v) is 18.2. The van der Waals surface area contributed by atoms with Gasteiger partial charge in [0.05, 0.1) is 27.0 Å². The second-order valence-electron chi connectivity index (χ2n) is 6.22. The molecular formula is C22H20F2N2O5S. The van der Waals surface area contributed by atoms with Crippen molar-refractivity contribution in [3.05, 3.63) is 53.4 Å². The maximum atomic E-state index is 12.4. The van der Waals surface area contributed by atoms with E-state index in [1.807, 2.05) is 0 Å². The van der Waals surface area contributed by atoms with Gasteiger partial charge in [-0.2, -0.15) is 8.78 Å². The van der Waals surface area contributed by atoms with Crippen LogP contribution in [0, 0.1) is 0 Å². The number of carbonyl (C=O) groups is 1. The molecule has 0 fully saturated rings. The minimum atomic E-state index is -2.96. The molecule has 0 aliphatic carbocycles. The van der Waals surface area contributed by atoms with Gasteiger partial charge in [-0.05, 0) is 42.0 Å². The number of alkyl halides is 2. The van der Waals surface area contributed by atoms with Crippen LogP contribution in [0.1, 0.15) is 5.56 Å². The zero-order valence-electron chi connectivity index (χ0n) is 17.4. The van der Waals surface area contributed by atoms with E-state index in [1.54, 1.807) is 37.8 Å². The molecule has 0 saturated heterocycles. The third kappa shape index (κ3) is 5.73. The Morgan fingerprint density at radius 1 is 1.03 bits per heavy atom. The van der Waals surface area contributed by atoms with E-state index in [-0.39, 0.29) is 11.5 Å². The molecule has 0 bridgehead atoms. The van der Waals surface area contributed by atoms with Gasteiger partial charge in [-0.15, -0.1) is 11.3 Å². The number of aromatic nitrogens is 1. The fourth-order valence-corrected chi connectivity index (χ4v) is 3.48. The molecule has 3 aromatic rings. The van der Waals surface area contributed by atoms with Gasteiger partial charge < -0.3 is 18.9 Å². The van der Waals surface area contributed by atoms with Crippen molar-refractivity contribution in [2.24, 2.45) is 0 Å². The molecule has 0 saturated carbocycles. The first-order valence-electron chi connectivity index (χ1n) is 9.23. The van der Waals surface area contributed by atoms with Gasteiger partial charge in [-0.1, -0.05) is 6.07 Å². The lowest BCUT2D eigenvalue weighted by molar-refractivity contribution is -0.111. The van der Waals surface area contributed by atoms with Gasteiger partial charge in [0.25, 0.3) is 0 Å². The van der Waals surface area contributed by atoms with Crippen molar-refractivity contribution in [1.82, 2.24) is 4.98 Å². The summed E-state index contributed by atoms with van der Waals surface area (Å²) in [5.41, 5.74) is 1.93. The maximum Gasteiger partial charge on any atom is 0.387 e. The van der Waals surface area contributed by atoms with Crippen molar-refractivity contribution < 1.29 is 32.5 Å². The Hall–Kier alpha value is -3.66. The molecule has 168 valence electrons. The van der Waals surface area contributed by atoms with E-state index in [0.29, 0.717) is 27.9 Å². The number of halogens is 2.